The summed E-state index contributed by atoms with van der Waals surface area (Å²) >= 11 is 0. The molecule has 146 valence electrons. The van der Waals surface area contributed by atoms with Crippen molar-refractivity contribution in [3.63, 3.8) is 0 Å². The van der Waals surface area contributed by atoms with Crippen molar-refractivity contribution in [2.45, 2.75) is 13.0 Å². The van der Waals surface area contributed by atoms with Crippen LogP contribution in [0.25, 0.3) is 0 Å². The summed E-state index contributed by atoms with van der Waals surface area (Å²) in [5, 5.41) is 0. The molecule has 0 bridgehead atoms. The lowest BCUT2D eigenvalue weighted by Gasteiger charge is -2.24. The zero-order valence-corrected chi connectivity index (χ0v) is 16.1. The van der Waals surface area contributed by atoms with Gasteiger partial charge in [0, 0.05) is 17.2 Å². The van der Waals surface area contributed by atoms with E-state index >= 15 is 0 Å². The third-order valence-corrected chi connectivity index (χ3v) is 4.71. The number of ether oxygens (including phenoxy) is 2. The molecule has 1 aliphatic rings. The molecule has 5 nitrogen and oxygen atoms in total. The maximum absolute atomic E-state index is 13.3. The highest BCUT2D eigenvalue weighted by atomic mass is 16.6. The third kappa shape index (κ3) is 4.36. The quantitative estimate of drug-likeness (QED) is 0.468. The highest BCUT2D eigenvalue weighted by Crippen LogP contribution is 2.29. The van der Waals surface area contributed by atoms with E-state index in [1.54, 1.807) is 54.6 Å². The molecule has 1 saturated heterocycles. The van der Waals surface area contributed by atoms with Gasteiger partial charge in [0.2, 0.25) is 0 Å². The molecule has 29 heavy (non-hydrogen) atoms. The molecule has 0 aliphatic carbocycles. The van der Waals surface area contributed by atoms with E-state index in [1.165, 1.54) is 4.90 Å². The molecule has 4 rings (SSSR count). The third-order valence-electron chi connectivity index (χ3n) is 4.71. The number of aryl methyl sites for hydroxylation is 1. The normalized spacial score (nSPS) is 14.9. The van der Waals surface area contributed by atoms with E-state index in [9.17, 15) is 9.59 Å². The van der Waals surface area contributed by atoms with Gasteiger partial charge in [0.25, 0.3) is 11.8 Å². The Balaban J connectivity index is 1.74. The molecule has 5 heteroatoms. The summed E-state index contributed by atoms with van der Waals surface area (Å²) in [5.41, 5.74) is 2.18. The SMILES string of the molecule is Cc1ccc(OCC2CO2)cc1N(C(=O)c1ccccc1)C(=O)c1ccccc1. The van der Waals surface area contributed by atoms with E-state index in [4.69, 9.17) is 9.47 Å². The van der Waals surface area contributed by atoms with Gasteiger partial charge in [-0.2, -0.15) is 0 Å². The Labute approximate surface area is 169 Å². The minimum Gasteiger partial charge on any atom is -0.491 e. The number of nitrogens with zero attached hydrogens (tertiary/aromatic N) is 1. The van der Waals surface area contributed by atoms with Crippen LogP contribution in [0.3, 0.4) is 0 Å². The van der Waals surface area contributed by atoms with E-state index in [0.717, 1.165) is 5.56 Å². The van der Waals surface area contributed by atoms with Gasteiger partial charge in [-0.3, -0.25) is 9.59 Å². The summed E-state index contributed by atoms with van der Waals surface area (Å²) in [6, 6.07) is 23.0. The standard InChI is InChI=1S/C24H21NO4/c1-17-12-13-20(28-15-21-16-29-21)14-22(17)25(23(26)18-8-4-2-5-9-18)24(27)19-10-6-3-7-11-19/h2-14,21H,15-16H2,1H3. The average Bonchev–Trinajstić information content (AvgIpc) is 3.60. The number of rotatable bonds is 6. The molecule has 3 aromatic rings. The molecule has 3 aromatic carbocycles. The Kier molecular flexibility index (Phi) is 5.40. The molecule has 1 atom stereocenters. The van der Waals surface area contributed by atoms with Gasteiger partial charge in [0.15, 0.2) is 0 Å². The van der Waals surface area contributed by atoms with Gasteiger partial charge in [-0.25, -0.2) is 4.90 Å². The van der Waals surface area contributed by atoms with Gasteiger partial charge >= 0.3 is 0 Å². The van der Waals surface area contributed by atoms with Gasteiger partial charge in [0.05, 0.1) is 12.3 Å². The van der Waals surface area contributed by atoms with Crippen LogP contribution in [-0.2, 0) is 4.74 Å². The molecule has 1 aliphatic heterocycles. The Morgan fingerprint density at radius 1 is 0.931 bits per heavy atom. The highest BCUT2D eigenvalue weighted by Gasteiger charge is 2.28. The average molecular weight is 387 g/mol. The molecular formula is C24H21NO4. The van der Waals surface area contributed by atoms with Crippen LogP contribution in [0, 0.1) is 6.92 Å². The van der Waals surface area contributed by atoms with Crippen LogP contribution in [0.15, 0.2) is 78.9 Å². The zero-order valence-electron chi connectivity index (χ0n) is 16.1. The summed E-state index contributed by atoms with van der Waals surface area (Å²) < 4.78 is 11.0. The minimum atomic E-state index is -0.384. The summed E-state index contributed by atoms with van der Waals surface area (Å²) in [6.45, 7) is 3.01. The summed E-state index contributed by atoms with van der Waals surface area (Å²) in [7, 11) is 0. The Morgan fingerprint density at radius 3 is 2.00 bits per heavy atom. The Bertz CT molecular complexity index is 962. The second-order valence-corrected chi connectivity index (χ2v) is 6.89. The largest absolute Gasteiger partial charge is 0.491 e. The summed E-state index contributed by atoms with van der Waals surface area (Å²) in [4.78, 5) is 27.9. The molecule has 1 heterocycles. The van der Waals surface area contributed by atoms with Crippen molar-refractivity contribution in [3.8, 4) is 5.75 Å². The first-order chi connectivity index (χ1) is 14.1. The predicted molar refractivity (Wildman–Crippen MR) is 110 cm³/mol. The smallest absolute Gasteiger partial charge is 0.265 e. The number of carbonyl (C=O) groups excluding carboxylic acids is 2. The number of hydrogen-bond acceptors (Lipinski definition) is 4. The van der Waals surface area contributed by atoms with Gasteiger partial charge in [-0.1, -0.05) is 42.5 Å². The van der Waals surface area contributed by atoms with Crippen LogP contribution in [0.5, 0.6) is 5.75 Å². The molecule has 0 N–H and O–H groups in total. The maximum atomic E-state index is 13.3. The van der Waals surface area contributed by atoms with Crippen molar-refractivity contribution < 1.29 is 19.1 Å². The van der Waals surface area contributed by atoms with Crippen molar-refractivity contribution in [1.82, 2.24) is 0 Å². The van der Waals surface area contributed by atoms with E-state index < -0.39 is 0 Å². The zero-order chi connectivity index (χ0) is 20.2. The highest BCUT2D eigenvalue weighted by molar-refractivity contribution is 6.26. The van der Waals surface area contributed by atoms with E-state index in [1.807, 2.05) is 31.2 Å². The number of benzene rings is 3. The van der Waals surface area contributed by atoms with Crippen molar-refractivity contribution in [3.05, 3.63) is 95.6 Å². The molecule has 0 radical (unpaired) electrons. The maximum Gasteiger partial charge on any atom is 0.265 e. The Morgan fingerprint density at radius 2 is 1.48 bits per heavy atom. The fourth-order valence-corrected chi connectivity index (χ4v) is 3.00. The van der Waals surface area contributed by atoms with Gasteiger partial charge in [-0.05, 0) is 42.8 Å². The van der Waals surface area contributed by atoms with Crippen LogP contribution in [0.2, 0.25) is 0 Å². The van der Waals surface area contributed by atoms with E-state index in [0.29, 0.717) is 35.8 Å². The molecule has 0 spiro atoms. The van der Waals surface area contributed by atoms with Crippen LogP contribution in [0.1, 0.15) is 26.3 Å². The lowest BCUT2D eigenvalue weighted by atomic mass is 10.1. The lowest BCUT2D eigenvalue weighted by molar-refractivity contribution is 0.0897. The predicted octanol–water partition coefficient (Wildman–Crippen LogP) is 4.26. The van der Waals surface area contributed by atoms with Crippen LogP contribution >= 0.6 is 0 Å². The van der Waals surface area contributed by atoms with Crippen molar-refractivity contribution in [2.24, 2.45) is 0 Å². The van der Waals surface area contributed by atoms with Gasteiger partial charge in [0.1, 0.15) is 18.5 Å². The van der Waals surface area contributed by atoms with Gasteiger partial charge < -0.3 is 9.47 Å². The van der Waals surface area contributed by atoms with E-state index in [2.05, 4.69) is 0 Å². The summed E-state index contributed by atoms with van der Waals surface area (Å²) in [6.07, 6.45) is 0.118. The summed E-state index contributed by atoms with van der Waals surface area (Å²) in [5.74, 6) is -0.178. The van der Waals surface area contributed by atoms with Gasteiger partial charge in [-0.15, -0.1) is 0 Å². The number of hydrogen-bond donors (Lipinski definition) is 0. The van der Waals surface area contributed by atoms with Crippen LogP contribution in [-0.4, -0.2) is 31.1 Å². The lowest BCUT2D eigenvalue weighted by Crippen LogP contribution is -2.37. The first-order valence-electron chi connectivity index (χ1n) is 9.47. The molecule has 0 saturated carbocycles. The molecular weight excluding hydrogens is 366 g/mol. The number of carbonyl (C=O) groups is 2. The van der Waals surface area contributed by atoms with Crippen molar-refractivity contribution in [1.29, 1.82) is 0 Å². The molecule has 1 unspecified atom stereocenters. The second kappa shape index (κ2) is 8.29. The number of epoxide rings is 1. The van der Waals surface area contributed by atoms with Crippen molar-refractivity contribution >= 4 is 17.5 Å². The fraction of sp³-hybridized carbons (Fsp3) is 0.167. The number of anilines is 1. The minimum absolute atomic E-state index is 0.118. The second-order valence-electron chi connectivity index (χ2n) is 6.89. The van der Waals surface area contributed by atoms with Crippen molar-refractivity contribution in [2.75, 3.05) is 18.1 Å². The monoisotopic (exact) mass is 387 g/mol. The molecule has 1 fully saturated rings. The molecule has 0 aromatic heterocycles. The first kappa shape index (κ1) is 18.9. The molecule has 2 amide bonds. The number of imide groups is 1. The fourth-order valence-electron chi connectivity index (χ4n) is 3.00. The Hall–Kier alpha value is -3.44. The topological polar surface area (TPSA) is 59.1 Å². The van der Waals surface area contributed by atoms with Crippen LogP contribution < -0.4 is 9.64 Å². The first-order valence-corrected chi connectivity index (χ1v) is 9.47. The van der Waals surface area contributed by atoms with Crippen LogP contribution in [0.4, 0.5) is 5.69 Å². The number of amides is 2. The van der Waals surface area contributed by atoms with E-state index in [-0.39, 0.29) is 17.9 Å².